The number of likely N-dealkylation sites (N-methyl/N-ethyl adjacent to an activating group) is 1. The third kappa shape index (κ3) is 3.63. The summed E-state index contributed by atoms with van der Waals surface area (Å²) in [6.45, 7) is 0.530. The van der Waals surface area contributed by atoms with Gasteiger partial charge in [-0.25, -0.2) is 15.0 Å². The summed E-state index contributed by atoms with van der Waals surface area (Å²) in [4.78, 5) is 14.2. The van der Waals surface area contributed by atoms with Crippen molar-refractivity contribution in [2.75, 3.05) is 36.1 Å². The molecule has 0 aliphatic heterocycles. The van der Waals surface area contributed by atoms with Gasteiger partial charge in [-0.05, 0) is 0 Å². The zero-order chi connectivity index (χ0) is 15.2. The lowest BCUT2D eigenvalue weighted by atomic mass is 10.2. The lowest BCUT2D eigenvalue weighted by Crippen LogP contribution is -2.22. The molecule has 0 bridgehead atoms. The summed E-state index contributed by atoms with van der Waals surface area (Å²) < 4.78 is 0. The highest BCUT2D eigenvalue weighted by molar-refractivity contribution is 5.85. The maximum absolute atomic E-state index is 8.94. The van der Waals surface area contributed by atoms with Crippen LogP contribution in [0.5, 0.6) is 0 Å². The van der Waals surface area contributed by atoms with Crippen LogP contribution in [0.3, 0.4) is 0 Å². The molecule has 0 aliphatic carbocycles. The molecule has 0 saturated carbocycles. The molecule has 2 rings (SSSR count). The largest absolute Gasteiger partial charge is 0.398 e. The maximum atomic E-state index is 8.94. The second-order valence-electron chi connectivity index (χ2n) is 4.37. The van der Waals surface area contributed by atoms with Crippen molar-refractivity contribution in [1.29, 1.82) is 5.41 Å². The second kappa shape index (κ2) is 6.62. The molecule has 0 saturated heterocycles. The van der Waals surface area contributed by atoms with Gasteiger partial charge in [0.05, 0.1) is 6.61 Å². The van der Waals surface area contributed by atoms with Gasteiger partial charge in [0.15, 0.2) is 0 Å². The maximum Gasteiger partial charge on any atom is 0.137 e. The van der Waals surface area contributed by atoms with Crippen molar-refractivity contribution in [1.82, 2.24) is 15.0 Å². The zero-order valence-corrected chi connectivity index (χ0v) is 11.6. The number of nitrogens with zero attached hydrogens (tertiary/aromatic N) is 4. The van der Waals surface area contributed by atoms with E-state index in [9.17, 15) is 0 Å². The van der Waals surface area contributed by atoms with Gasteiger partial charge in [-0.1, -0.05) is 0 Å². The number of nitrogens with two attached hydrogens (primary N) is 1. The zero-order valence-electron chi connectivity index (χ0n) is 11.6. The smallest absolute Gasteiger partial charge is 0.137 e. The molecule has 2 aromatic rings. The fraction of sp³-hybridized carbons (Fsp3) is 0.231. The molecule has 21 heavy (non-hydrogen) atoms. The van der Waals surface area contributed by atoms with Crippen LogP contribution in [0.4, 0.5) is 23.1 Å². The Labute approximate surface area is 122 Å². The summed E-state index contributed by atoms with van der Waals surface area (Å²) in [7, 11) is 1.83. The third-order valence-electron chi connectivity index (χ3n) is 2.86. The van der Waals surface area contributed by atoms with Gasteiger partial charge in [0, 0.05) is 49.4 Å². The molecular weight excluding hydrogens is 270 g/mol. The number of rotatable bonds is 6. The molecule has 0 spiro atoms. The summed E-state index contributed by atoms with van der Waals surface area (Å²) >= 11 is 0. The molecule has 0 atom stereocenters. The van der Waals surface area contributed by atoms with Crippen LogP contribution >= 0.6 is 0 Å². The molecule has 110 valence electrons. The van der Waals surface area contributed by atoms with E-state index in [1.165, 1.54) is 12.5 Å². The van der Waals surface area contributed by atoms with E-state index in [2.05, 4.69) is 20.3 Å². The van der Waals surface area contributed by atoms with Crippen molar-refractivity contribution in [2.45, 2.75) is 0 Å². The molecule has 0 aliphatic rings. The van der Waals surface area contributed by atoms with Gasteiger partial charge in [0.25, 0.3) is 0 Å². The van der Waals surface area contributed by atoms with E-state index in [1.807, 2.05) is 11.9 Å². The van der Waals surface area contributed by atoms with Crippen LogP contribution in [0.25, 0.3) is 0 Å². The summed E-state index contributed by atoms with van der Waals surface area (Å²) in [6.07, 6.45) is 4.10. The first-order chi connectivity index (χ1) is 10.1. The topological polar surface area (TPSA) is 124 Å². The SMILES string of the molecule is CN(CCO)c1cc(Nc2cc(N)c(C=N)cn2)ncn1. The fourth-order valence-corrected chi connectivity index (χ4v) is 1.69. The number of aliphatic hydroxyl groups is 1. The van der Waals surface area contributed by atoms with E-state index in [4.69, 9.17) is 16.2 Å². The lowest BCUT2D eigenvalue weighted by Gasteiger charge is -2.17. The number of aliphatic hydroxyl groups excluding tert-OH is 1. The van der Waals surface area contributed by atoms with Crippen molar-refractivity contribution in [3.8, 4) is 0 Å². The monoisotopic (exact) mass is 287 g/mol. The van der Waals surface area contributed by atoms with E-state index in [0.717, 1.165) is 6.21 Å². The molecule has 5 N–H and O–H groups in total. The third-order valence-corrected chi connectivity index (χ3v) is 2.86. The molecule has 8 heteroatoms. The second-order valence-corrected chi connectivity index (χ2v) is 4.37. The van der Waals surface area contributed by atoms with Crippen molar-refractivity contribution in [3.05, 3.63) is 30.2 Å². The number of nitrogen functional groups attached to an aromatic ring is 1. The first kappa shape index (κ1) is 14.7. The molecule has 0 aromatic carbocycles. The number of nitrogens with one attached hydrogen (secondary N) is 2. The fourth-order valence-electron chi connectivity index (χ4n) is 1.69. The standard InChI is InChI=1S/C13H17N7O/c1-20(2-3-21)13-5-12(17-8-18-13)19-11-4-10(15)9(6-14)7-16-11/h4-8,14,21H,2-3H2,1H3,(H3,15,16,17,18,19). The first-order valence-electron chi connectivity index (χ1n) is 6.31. The Balaban J connectivity index is 2.18. The Kier molecular flexibility index (Phi) is 4.62. The van der Waals surface area contributed by atoms with Crippen LogP contribution in [-0.2, 0) is 0 Å². The number of aromatic nitrogens is 3. The molecule has 2 heterocycles. The predicted octanol–water partition coefficient (Wildman–Crippen LogP) is 0.624. The summed E-state index contributed by atoms with van der Waals surface area (Å²) in [5, 5.41) is 19.1. The van der Waals surface area contributed by atoms with Crippen LogP contribution < -0.4 is 16.0 Å². The highest BCUT2D eigenvalue weighted by Gasteiger charge is 2.06. The normalized spacial score (nSPS) is 10.2. The molecular formula is C13H17N7O. The highest BCUT2D eigenvalue weighted by atomic mass is 16.3. The first-order valence-corrected chi connectivity index (χ1v) is 6.31. The molecule has 0 radical (unpaired) electrons. The molecule has 0 amide bonds. The Morgan fingerprint density at radius 2 is 2.10 bits per heavy atom. The van der Waals surface area contributed by atoms with Crippen LogP contribution in [0.15, 0.2) is 24.7 Å². The van der Waals surface area contributed by atoms with E-state index in [-0.39, 0.29) is 6.61 Å². The molecule has 0 fully saturated rings. The lowest BCUT2D eigenvalue weighted by molar-refractivity contribution is 0.304. The van der Waals surface area contributed by atoms with Gasteiger partial charge in [-0.15, -0.1) is 0 Å². The number of hydrogen-bond acceptors (Lipinski definition) is 8. The average molecular weight is 287 g/mol. The van der Waals surface area contributed by atoms with Crippen molar-refractivity contribution in [2.24, 2.45) is 0 Å². The summed E-state index contributed by atoms with van der Waals surface area (Å²) in [5.41, 5.74) is 6.83. The Hall–Kier alpha value is -2.74. The van der Waals surface area contributed by atoms with E-state index in [0.29, 0.717) is 35.2 Å². The molecule has 8 nitrogen and oxygen atoms in total. The highest BCUT2D eigenvalue weighted by Crippen LogP contribution is 2.19. The van der Waals surface area contributed by atoms with E-state index in [1.54, 1.807) is 12.1 Å². The van der Waals surface area contributed by atoms with Crippen molar-refractivity contribution in [3.63, 3.8) is 0 Å². The quantitative estimate of drug-likeness (QED) is 0.574. The minimum atomic E-state index is 0.0481. The van der Waals surface area contributed by atoms with Crippen molar-refractivity contribution < 1.29 is 5.11 Å². The minimum absolute atomic E-state index is 0.0481. The van der Waals surface area contributed by atoms with E-state index < -0.39 is 0 Å². The molecule has 0 unspecified atom stereocenters. The van der Waals surface area contributed by atoms with Crippen LogP contribution in [-0.4, -0.2) is 46.5 Å². The Morgan fingerprint density at radius 3 is 2.76 bits per heavy atom. The van der Waals surface area contributed by atoms with Gasteiger partial charge in [-0.3, -0.25) is 0 Å². The van der Waals surface area contributed by atoms with Gasteiger partial charge in [-0.2, -0.15) is 0 Å². The number of hydrogen-bond donors (Lipinski definition) is 4. The Bertz CT molecular complexity index is 632. The summed E-state index contributed by atoms with van der Waals surface area (Å²) in [6, 6.07) is 3.39. The average Bonchev–Trinajstić information content (AvgIpc) is 2.48. The Morgan fingerprint density at radius 1 is 1.33 bits per heavy atom. The predicted molar refractivity (Wildman–Crippen MR) is 82.2 cm³/mol. The van der Waals surface area contributed by atoms with Gasteiger partial charge >= 0.3 is 0 Å². The van der Waals surface area contributed by atoms with Gasteiger partial charge < -0.3 is 26.5 Å². The van der Waals surface area contributed by atoms with E-state index >= 15 is 0 Å². The van der Waals surface area contributed by atoms with Gasteiger partial charge in [0.2, 0.25) is 0 Å². The number of pyridine rings is 1. The van der Waals surface area contributed by atoms with Crippen molar-refractivity contribution >= 4 is 29.4 Å². The van der Waals surface area contributed by atoms with Crippen LogP contribution in [0.1, 0.15) is 5.56 Å². The molecule has 2 aromatic heterocycles. The van der Waals surface area contributed by atoms with Gasteiger partial charge in [0.1, 0.15) is 23.8 Å². The summed E-state index contributed by atoms with van der Waals surface area (Å²) in [5.74, 6) is 1.79. The minimum Gasteiger partial charge on any atom is -0.398 e. The van der Waals surface area contributed by atoms with Crippen LogP contribution in [0.2, 0.25) is 0 Å². The van der Waals surface area contributed by atoms with Crippen LogP contribution in [0, 0.1) is 5.41 Å². The number of anilines is 4.